The van der Waals surface area contributed by atoms with E-state index in [4.69, 9.17) is 11.6 Å². The van der Waals surface area contributed by atoms with Crippen molar-refractivity contribution < 1.29 is 4.79 Å². The van der Waals surface area contributed by atoms with Gasteiger partial charge in [0.1, 0.15) is 4.60 Å². The maximum atomic E-state index is 11.9. The largest absolute Gasteiger partial charge is 0.320 e. The Labute approximate surface area is 112 Å². The molecular weight excluding hydrogens is 304 g/mol. The number of aromatic nitrogens is 1. The van der Waals surface area contributed by atoms with E-state index in [-0.39, 0.29) is 5.91 Å². The predicted octanol–water partition coefficient (Wildman–Crippen LogP) is 3.75. The zero-order chi connectivity index (χ0) is 12.3. The summed E-state index contributed by atoms with van der Waals surface area (Å²) in [5.74, 6) is -0.199. The minimum absolute atomic E-state index is 0.199. The number of amides is 1. The summed E-state index contributed by atoms with van der Waals surface area (Å²) in [7, 11) is 0. The van der Waals surface area contributed by atoms with E-state index in [9.17, 15) is 4.79 Å². The Bertz CT molecular complexity index is 542. The van der Waals surface area contributed by atoms with Gasteiger partial charge in [-0.2, -0.15) is 0 Å². The molecular formula is C12H8BrClN2O. The van der Waals surface area contributed by atoms with Crippen LogP contribution in [0.25, 0.3) is 0 Å². The number of hydrogen-bond acceptors (Lipinski definition) is 2. The number of anilines is 1. The Morgan fingerprint density at radius 3 is 2.59 bits per heavy atom. The lowest BCUT2D eigenvalue weighted by Crippen LogP contribution is -2.12. The van der Waals surface area contributed by atoms with Crippen LogP contribution in [0.2, 0.25) is 5.02 Å². The molecule has 1 N–H and O–H groups in total. The van der Waals surface area contributed by atoms with Gasteiger partial charge in [0.25, 0.3) is 5.91 Å². The Morgan fingerprint density at radius 2 is 1.94 bits per heavy atom. The van der Waals surface area contributed by atoms with E-state index >= 15 is 0 Å². The molecule has 5 heteroatoms. The van der Waals surface area contributed by atoms with Crippen LogP contribution in [-0.4, -0.2) is 10.9 Å². The molecule has 1 aromatic carbocycles. The zero-order valence-electron chi connectivity index (χ0n) is 8.65. The van der Waals surface area contributed by atoms with E-state index in [1.807, 2.05) is 0 Å². The minimum Gasteiger partial charge on any atom is -0.320 e. The molecule has 0 bridgehead atoms. The van der Waals surface area contributed by atoms with Gasteiger partial charge >= 0.3 is 0 Å². The Kier molecular flexibility index (Phi) is 3.76. The van der Waals surface area contributed by atoms with Crippen molar-refractivity contribution in [2.75, 3.05) is 5.32 Å². The van der Waals surface area contributed by atoms with Crippen LogP contribution in [0.3, 0.4) is 0 Å². The highest BCUT2D eigenvalue weighted by molar-refractivity contribution is 9.10. The van der Waals surface area contributed by atoms with Crippen molar-refractivity contribution >= 4 is 39.1 Å². The summed E-state index contributed by atoms with van der Waals surface area (Å²) in [6.45, 7) is 0. The molecule has 1 aromatic heterocycles. The van der Waals surface area contributed by atoms with Crippen LogP contribution in [0, 0.1) is 0 Å². The van der Waals surface area contributed by atoms with E-state index in [1.54, 1.807) is 42.6 Å². The average Bonchev–Trinajstić information content (AvgIpc) is 2.33. The van der Waals surface area contributed by atoms with E-state index in [2.05, 4.69) is 26.2 Å². The summed E-state index contributed by atoms with van der Waals surface area (Å²) in [4.78, 5) is 15.9. The molecule has 0 atom stereocenters. The van der Waals surface area contributed by atoms with Gasteiger partial charge in [0, 0.05) is 16.8 Å². The number of carbonyl (C=O) groups excluding carboxylic acids is 1. The molecule has 0 radical (unpaired) electrons. The van der Waals surface area contributed by atoms with Gasteiger partial charge in [-0.05, 0) is 52.3 Å². The molecule has 0 aliphatic carbocycles. The molecule has 2 rings (SSSR count). The standard InChI is InChI=1S/C12H8BrClN2O/c13-11-10(2-1-7-15-11)16-12(17)8-3-5-9(14)6-4-8/h1-7H,(H,16,17). The number of carbonyl (C=O) groups is 1. The molecule has 0 spiro atoms. The molecule has 17 heavy (non-hydrogen) atoms. The number of halogens is 2. The normalized spacial score (nSPS) is 10.0. The quantitative estimate of drug-likeness (QED) is 0.858. The zero-order valence-corrected chi connectivity index (χ0v) is 11.0. The van der Waals surface area contributed by atoms with Crippen LogP contribution < -0.4 is 5.32 Å². The maximum absolute atomic E-state index is 11.9. The Hall–Kier alpha value is -1.39. The number of benzene rings is 1. The second-order valence-electron chi connectivity index (χ2n) is 3.30. The molecule has 0 unspecified atom stereocenters. The first kappa shape index (κ1) is 12.1. The molecule has 0 aliphatic rings. The lowest BCUT2D eigenvalue weighted by atomic mass is 10.2. The van der Waals surface area contributed by atoms with Gasteiger partial charge in [-0.25, -0.2) is 4.98 Å². The topological polar surface area (TPSA) is 42.0 Å². The summed E-state index contributed by atoms with van der Waals surface area (Å²) in [6, 6.07) is 10.2. The molecule has 1 amide bonds. The van der Waals surface area contributed by atoms with Crippen LogP contribution in [0.5, 0.6) is 0 Å². The number of nitrogens with one attached hydrogen (secondary N) is 1. The van der Waals surface area contributed by atoms with Gasteiger partial charge in [-0.3, -0.25) is 4.79 Å². The summed E-state index contributed by atoms with van der Waals surface area (Å²) < 4.78 is 0.599. The van der Waals surface area contributed by atoms with Gasteiger partial charge in [0.05, 0.1) is 5.69 Å². The van der Waals surface area contributed by atoms with E-state index < -0.39 is 0 Å². The molecule has 86 valence electrons. The fourth-order valence-electron chi connectivity index (χ4n) is 1.28. The molecule has 0 fully saturated rings. The van der Waals surface area contributed by atoms with E-state index in [0.717, 1.165) is 0 Å². The fourth-order valence-corrected chi connectivity index (χ4v) is 1.75. The van der Waals surface area contributed by atoms with Crippen molar-refractivity contribution in [2.45, 2.75) is 0 Å². The van der Waals surface area contributed by atoms with Gasteiger partial charge in [0.2, 0.25) is 0 Å². The first-order valence-corrected chi connectivity index (χ1v) is 6.01. The van der Waals surface area contributed by atoms with Gasteiger partial charge < -0.3 is 5.32 Å². The van der Waals surface area contributed by atoms with Crippen molar-refractivity contribution in [3.63, 3.8) is 0 Å². The van der Waals surface area contributed by atoms with E-state index in [0.29, 0.717) is 20.9 Å². The highest BCUT2D eigenvalue weighted by atomic mass is 79.9. The highest BCUT2D eigenvalue weighted by Gasteiger charge is 2.07. The Balaban J connectivity index is 2.17. The second-order valence-corrected chi connectivity index (χ2v) is 4.49. The van der Waals surface area contributed by atoms with Crippen LogP contribution in [0.15, 0.2) is 47.2 Å². The molecule has 2 aromatic rings. The van der Waals surface area contributed by atoms with Crippen LogP contribution in [0.1, 0.15) is 10.4 Å². The second kappa shape index (κ2) is 5.29. The minimum atomic E-state index is -0.199. The third-order valence-corrected chi connectivity index (χ3v) is 3.00. The summed E-state index contributed by atoms with van der Waals surface area (Å²) >= 11 is 9.01. The number of pyridine rings is 1. The maximum Gasteiger partial charge on any atom is 0.255 e. The van der Waals surface area contributed by atoms with Crippen LogP contribution in [-0.2, 0) is 0 Å². The molecule has 0 aliphatic heterocycles. The van der Waals surface area contributed by atoms with Crippen molar-refractivity contribution in [3.05, 3.63) is 57.8 Å². The van der Waals surface area contributed by atoms with Crippen LogP contribution >= 0.6 is 27.5 Å². The van der Waals surface area contributed by atoms with Crippen molar-refractivity contribution in [2.24, 2.45) is 0 Å². The number of nitrogens with zero attached hydrogens (tertiary/aromatic N) is 1. The SMILES string of the molecule is O=C(Nc1cccnc1Br)c1ccc(Cl)cc1. The highest BCUT2D eigenvalue weighted by Crippen LogP contribution is 2.19. The third-order valence-electron chi connectivity index (χ3n) is 2.11. The predicted molar refractivity (Wildman–Crippen MR) is 71.3 cm³/mol. The van der Waals surface area contributed by atoms with E-state index in [1.165, 1.54) is 0 Å². The van der Waals surface area contributed by atoms with Crippen molar-refractivity contribution in [1.82, 2.24) is 4.98 Å². The summed E-state index contributed by atoms with van der Waals surface area (Å²) in [5.41, 5.74) is 1.18. The van der Waals surface area contributed by atoms with Gasteiger partial charge in [-0.15, -0.1) is 0 Å². The monoisotopic (exact) mass is 310 g/mol. The number of hydrogen-bond donors (Lipinski definition) is 1. The van der Waals surface area contributed by atoms with Gasteiger partial charge in [-0.1, -0.05) is 11.6 Å². The molecule has 0 saturated carbocycles. The lowest BCUT2D eigenvalue weighted by molar-refractivity contribution is 0.102. The van der Waals surface area contributed by atoms with Crippen LogP contribution in [0.4, 0.5) is 5.69 Å². The molecule has 0 saturated heterocycles. The smallest absolute Gasteiger partial charge is 0.255 e. The van der Waals surface area contributed by atoms with Gasteiger partial charge in [0.15, 0.2) is 0 Å². The lowest BCUT2D eigenvalue weighted by Gasteiger charge is -2.06. The van der Waals surface area contributed by atoms with Crippen molar-refractivity contribution in [3.8, 4) is 0 Å². The first-order valence-electron chi connectivity index (χ1n) is 4.84. The molecule has 3 nitrogen and oxygen atoms in total. The Morgan fingerprint density at radius 1 is 1.24 bits per heavy atom. The molecule has 1 heterocycles. The average molecular weight is 312 g/mol. The fraction of sp³-hybridized carbons (Fsp3) is 0. The first-order chi connectivity index (χ1) is 8.16. The summed E-state index contributed by atoms with van der Waals surface area (Å²) in [5, 5.41) is 3.36. The summed E-state index contributed by atoms with van der Waals surface area (Å²) in [6.07, 6.45) is 1.64. The third kappa shape index (κ3) is 3.05. The van der Waals surface area contributed by atoms with Crippen molar-refractivity contribution in [1.29, 1.82) is 0 Å². The number of rotatable bonds is 2.